The number of pyridine rings is 1. The molecule has 3 aromatic rings. The van der Waals surface area contributed by atoms with E-state index in [0.717, 1.165) is 72.9 Å². The van der Waals surface area contributed by atoms with Crippen molar-refractivity contribution in [3.63, 3.8) is 0 Å². The number of fused-ring (bicyclic) bond motifs is 2. The Morgan fingerprint density at radius 2 is 2.00 bits per heavy atom. The maximum absolute atomic E-state index is 14.2. The molecular weight excluding hydrogens is 502 g/mol. The molecule has 206 valence electrons. The predicted molar refractivity (Wildman–Crippen MR) is 144 cm³/mol. The van der Waals surface area contributed by atoms with Crippen molar-refractivity contribution in [1.82, 2.24) is 24.9 Å². The van der Waals surface area contributed by atoms with E-state index in [1.165, 1.54) is 0 Å². The third kappa shape index (κ3) is 5.52. The van der Waals surface area contributed by atoms with Crippen molar-refractivity contribution in [2.24, 2.45) is 5.92 Å². The minimum absolute atomic E-state index is 0.125. The lowest BCUT2D eigenvalue weighted by Crippen LogP contribution is -2.38. The summed E-state index contributed by atoms with van der Waals surface area (Å²) < 4.78 is 35.5. The quantitative estimate of drug-likeness (QED) is 0.419. The number of nitrogens with one attached hydrogen (secondary N) is 2. The van der Waals surface area contributed by atoms with Gasteiger partial charge in [-0.15, -0.1) is 0 Å². The van der Waals surface area contributed by atoms with Gasteiger partial charge in [0.05, 0.1) is 35.6 Å². The molecule has 2 saturated carbocycles. The van der Waals surface area contributed by atoms with Gasteiger partial charge in [0.1, 0.15) is 0 Å². The van der Waals surface area contributed by atoms with E-state index in [2.05, 4.69) is 31.8 Å². The average Bonchev–Trinajstić information content (AvgIpc) is 3.76. The number of ether oxygens (including phenoxy) is 1. The summed E-state index contributed by atoms with van der Waals surface area (Å²) in [4.78, 5) is 22.2. The molecule has 0 radical (unpaired) electrons. The summed E-state index contributed by atoms with van der Waals surface area (Å²) in [5.74, 6) is -3.16. The maximum Gasteiger partial charge on any atom is 0.267 e. The number of allylic oxidation sites excluding steroid dienone is 1. The Labute approximate surface area is 226 Å². The SMILES string of the molecule is CO[C@H]1CC[C@H](NC(=O)c2cnn3ccc(C4=CCCCc5nc(NCC(F)(F)C6CC6)ncc54)cc23)CC1. The number of anilines is 1. The highest BCUT2D eigenvalue weighted by molar-refractivity contribution is 6.01. The Balaban J connectivity index is 1.22. The van der Waals surface area contributed by atoms with E-state index < -0.39 is 18.4 Å². The third-order valence-corrected chi connectivity index (χ3v) is 8.20. The molecule has 0 aromatic carbocycles. The molecule has 3 heterocycles. The van der Waals surface area contributed by atoms with Crippen LogP contribution >= 0.6 is 0 Å². The van der Waals surface area contributed by atoms with E-state index in [1.54, 1.807) is 24.0 Å². The largest absolute Gasteiger partial charge is 0.381 e. The summed E-state index contributed by atoms with van der Waals surface area (Å²) in [5, 5.41) is 10.3. The monoisotopic (exact) mass is 536 g/mol. The maximum atomic E-state index is 14.2. The van der Waals surface area contributed by atoms with Gasteiger partial charge in [-0.2, -0.15) is 5.10 Å². The number of halogens is 2. The fourth-order valence-electron chi connectivity index (χ4n) is 5.69. The second-order valence-corrected chi connectivity index (χ2v) is 10.9. The number of alkyl halides is 2. The smallest absolute Gasteiger partial charge is 0.267 e. The second-order valence-electron chi connectivity index (χ2n) is 10.9. The average molecular weight is 537 g/mol. The lowest BCUT2D eigenvalue weighted by Gasteiger charge is -2.28. The highest BCUT2D eigenvalue weighted by Crippen LogP contribution is 2.43. The van der Waals surface area contributed by atoms with Crippen LogP contribution in [0.4, 0.5) is 14.7 Å². The summed E-state index contributed by atoms with van der Waals surface area (Å²) in [7, 11) is 1.74. The second kappa shape index (κ2) is 10.6. The lowest BCUT2D eigenvalue weighted by atomic mass is 9.93. The zero-order valence-electron chi connectivity index (χ0n) is 22.1. The molecule has 1 amide bonds. The molecule has 39 heavy (non-hydrogen) atoms. The number of aromatic nitrogens is 4. The van der Waals surface area contributed by atoms with Gasteiger partial charge < -0.3 is 15.4 Å². The first kappa shape index (κ1) is 25.9. The van der Waals surface area contributed by atoms with Crippen LogP contribution in [0.3, 0.4) is 0 Å². The molecule has 0 saturated heterocycles. The highest BCUT2D eigenvalue weighted by Gasteiger charge is 2.46. The van der Waals surface area contributed by atoms with Gasteiger partial charge in [0, 0.05) is 37.0 Å². The van der Waals surface area contributed by atoms with Crippen LogP contribution < -0.4 is 10.6 Å². The van der Waals surface area contributed by atoms with Crippen molar-refractivity contribution in [2.75, 3.05) is 19.0 Å². The number of hydrogen-bond acceptors (Lipinski definition) is 6. The Bertz CT molecular complexity index is 1390. The van der Waals surface area contributed by atoms with E-state index in [4.69, 9.17) is 4.74 Å². The van der Waals surface area contributed by atoms with Crippen molar-refractivity contribution in [1.29, 1.82) is 0 Å². The normalized spacial score (nSPS) is 21.7. The number of rotatable bonds is 8. The van der Waals surface area contributed by atoms with Crippen LogP contribution in [0, 0.1) is 5.92 Å². The first-order valence-corrected chi connectivity index (χ1v) is 13.9. The molecule has 2 N–H and O–H groups in total. The molecule has 2 fully saturated rings. The van der Waals surface area contributed by atoms with Crippen LogP contribution in [-0.2, 0) is 11.2 Å². The van der Waals surface area contributed by atoms with E-state index >= 15 is 0 Å². The number of methoxy groups -OCH3 is 1. The minimum atomic E-state index is -2.74. The van der Waals surface area contributed by atoms with Gasteiger partial charge in [-0.1, -0.05) is 6.08 Å². The molecule has 0 unspecified atom stereocenters. The molecule has 0 atom stereocenters. The zero-order valence-corrected chi connectivity index (χ0v) is 22.1. The molecule has 0 bridgehead atoms. The van der Waals surface area contributed by atoms with Gasteiger partial charge in [-0.25, -0.2) is 23.3 Å². The zero-order chi connectivity index (χ0) is 27.0. The third-order valence-electron chi connectivity index (χ3n) is 8.20. The molecule has 10 heteroatoms. The van der Waals surface area contributed by atoms with Crippen molar-refractivity contribution >= 4 is 22.9 Å². The minimum Gasteiger partial charge on any atom is -0.381 e. The van der Waals surface area contributed by atoms with Gasteiger partial charge in [0.25, 0.3) is 11.8 Å². The molecular formula is C29H34F2N6O2. The fraction of sp³-hybridized carbons (Fsp3) is 0.517. The number of hydrogen-bond donors (Lipinski definition) is 2. The number of aryl methyl sites for hydroxylation is 1. The topological polar surface area (TPSA) is 93.4 Å². The van der Waals surface area contributed by atoms with Crippen molar-refractivity contribution in [3.05, 3.63) is 59.2 Å². The standard InChI is InChI=1S/C29H34F2N6O2/c1-39-21-10-8-20(9-11-21)35-27(38)24-16-34-37-13-12-18(14-26(24)37)22-4-2-3-5-25-23(22)15-32-28(36-25)33-17-29(30,31)19-6-7-19/h4,12-16,19-21H,2-3,5-11,17H2,1H3,(H,35,38)(H,32,33,36)/t20-,21-. The first-order valence-electron chi connectivity index (χ1n) is 13.9. The Morgan fingerprint density at radius 3 is 2.77 bits per heavy atom. The number of amides is 1. The van der Waals surface area contributed by atoms with E-state index in [0.29, 0.717) is 18.4 Å². The van der Waals surface area contributed by atoms with Gasteiger partial charge in [-0.3, -0.25) is 4.79 Å². The molecule has 0 spiro atoms. The van der Waals surface area contributed by atoms with Gasteiger partial charge in [0.15, 0.2) is 0 Å². The van der Waals surface area contributed by atoms with Crippen molar-refractivity contribution in [3.8, 4) is 0 Å². The highest BCUT2D eigenvalue weighted by atomic mass is 19.3. The van der Waals surface area contributed by atoms with Crippen LogP contribution in [0.1, 0.15) is 78.5 Å². The molecule has 8 nitrogen and oxygen atoms in total. The molecule has 3 aliphatic carbocycles. The van der Waals surface area contributed by atoms with Crippen LogP contribution in [-0.4, -0.2) is 57.2 Å². The summed E-state index contributed by atoms with van der Waals surface area (Å²) in [6, 6.07) is 4.08. The van der Waals surface area contributed by atoms with E-state index in [9.17, 15) is 13.6 Å². The van der Waals surface area contributed by atoms with E-state index in [-0.39, 0.29) is 24.0 Å². The summed E-state index contributed by atoms with van der Waals surface area (Å²) in [6.07, 6.45) is 15.0. The van der Waals surface area contributed by atoms with Gasteiger partial charge in [-0.05, 0) is 81.1 Å². The lowest BCUT2D eigenvalue weighted by molar-refractivity contribution is -0.00833. The van der Waals surface area contributed by atoms with Crippen molar-refractivity contribution < 1.29 is 18.3 Å². The molecule has 3 aliphatic rings. The predicted octanol–water partition coefficient (Wildman–Crippen LogP) is 5.04. The van der Waals surface area contributed by atoms with E-state index in [1.807, 2.05) is 18.3 Å². The Morgan fingerprint density at radius 1 is 1.18 bits per heavy atom. The van der Waals surface area contributed by atoms with Crippen LogP contribution in [0.5, 0.6) is 0 Å². The molecule has 3 aromatic heterocycles. The Hall–Kier alpha value is -3.40. The molecule has 6 rings (SSSR count). The van der Waals surface area contributed by atoms with Crippen LogP contribution in [0.25, 0.3) is 11.1 Å². The van der Waals surface area contributed by atoms with Crippen molar-refractivity contribution in [2.45, 2.75) is 75.9 Å². The van der Waals surface area contributed by atoms with Crippen LogP contribution in [0.15, 0.2) is 36.8 Å². The summed E-state index contributed by atoms with van der Waals surface area (Å²) in [5.41, 5.74) is 4.90. The molecule has 0 aliphatic heterocycles. The first-order chi connectivity index (χ1) is 18.9. The van der Waals surface area contributed by atoms with Gasteiger partial charge >= 0.3 is 0 Å². The summed E-state index contributed by atoms with van der Waals surface area (Å²) >= 11 is 0. The number of nitrogens with zero attached hydrogens (tertiary/aromatic N) is 4. The Kier molecular flexibility index (Phi) is 7.05. The van der Waals surface area contributed by atoms with Crippen LogP contribution in [0.2, 0.25) is 0 Å². The number of carbonyl (C=O) groups excluding carboxylic acids is 1. The number of carbonyl (C=O) groups is 1. The van der Waals surface area contributed by atoms with Gasteiger partial charge in [0.2, 0.25) is 5.95 Å². The summed E-state index contributed by atoms with van der Waals surface area (Å²) in [6.45, 7) is -0.449. The fourth-order valence-corrected chi connectivity index (χ4v) is 5.69.